The molecule has 0 bridgehead atoms. The molecule has 0 spiro atoms. The van der Waals surface area contributed by atoms with Gasteiger partial charge in [0.25, 0.3) is 0 Å². The Labute approximate surface area is 117 Å². The molecule has 0 fully saturated rings. The van der Waals surface area contributed by atoms with Crippen molar-refractivity contribution in [3.63, 3.8) is 0 Å². The average Bonchev–Trinajstić information content (AvgIpc) is 2.48. The van der Waals surface area contributed by atoms with Crippen LogP contribution in [0.5, 0.6) is 0 Å². The lowest BCUT2D eigenvalue weighted by Crippen LogP contribution is -2.35. The second-order valence-corrected chi connectivity index (χ2v) is 4.85. The number of nitrogens with one attached hydrogen (secondary N) is 1. The van der Waals surface area contributed by atoms with Gasteiger partial charge in [-0.15, -0.1) is 0 Å². The number of carbonyl (C=O) groups is 2. The highest BCUT2D eigenvalue weighted by Gasteiger charge is 2.20. The van der Waals surface area contributed by atoms with Crippen molar-refractivity contribution in [3.05, 3.63) is 65.2 Å². The van der Waals surface area contributed by atoms with E-state index >= 15 is 0 Å². The molecule has 2 aromatic carbocycles. The van der Waals surface area contributed by atoms with Gasteiger partial charge in [0.05, 0.1) is 0 Å². The van der Waals surface area contributed by atoms with Crippen LogP contribution in [0.25, 0.3) is 0 Å². The molecule has 100 valence electrons. The van der Waals surface area contributed by atoms with Crippen LogP contribution < -0.4 is 5.32 Å². The number of benzene rings is 2. The van der Waals surface area contributed by atoms with Gasteiger partial charge in [-0.2, -0.15) is 0 Å². The van der Waals surface area contributed by atoms with Crippen LogP contribution in [0.15, 0.2) is 48.5 Å². The largest absolute Gasteiger partial charge is 0.323 e. The van der Waals surface area contributed by atoms with E-state index in [1.807, 2.05) is 24.3 Å². The van der Waals surface area contributed by atoms with E-state index in [2.05, 4.69) is 5.32 Å². The summed E-state index contributed by atoms with van der Waals surface area (Å²) in [5, 5.41) is 2.79. The first kappa shape index (κ1) is 12.4. The molecule has 0 unspecified atom stereocenters. The smallest absolute Gasteiger partial charge is 0.321 e. The van der Waals surface area contributed by atoms with Crippen LogP contribution in [0.1, 0.15) is 21.5 Å². The van der Waals surface area contributed by atoms with Crippen molar-refractivity contribution in [2.45, 2.75) is 6.54 Å². The summed E-state index contributed by atoms with van der Waals surface area (Å²) in [5.74, 6) is -0.00652. The molecule has 3 rings (SSSR count). The number of amides is 2. The van der Waals surface area contributed by atoms with Crippen molar-refractivity contribution in [2.24, 2.45) is 0 Å². The number of hydrogen-bond donors (Lipinski definition) is 1. The molecular weight excluding hydrogens is 252 g/mol. The van der Waals surface area contributed by atoms with Crippen LogP contribution in [-0.2, 0) is 6.54 Å². The van der Waals surface area contributed by atoms with Crippen LogP contribution >= 0.6 is 0 Å². The van der Waals surface area contributed by atoms with Crippen molar-refractivity contribution in [1.29, 1.82) is 0 Å². The molecule has 4 heteroatoms. The van der Waals surface area contributed by atoms with Gasteiger partial charge in [0.15, 0.2) is 5.78 Å². The number of anilines is 1. The Kier molecular flexibility index (Phi) is 2.99. The van der Waals surface area contributed by atoms with E-state index in [9.17, 15) is 9.59 Å². The highest BCUT2D eigenvalue weighted by atomic mass is 16.2. The zero-order valence-corrected chi connectivity index (χ0v) is 11.1. The molecule has 1 aliphatic heterocycles. The van der Waals surface area contributed by atoms with Gasteiger partial charge in [0.1, 0.15) is 0 Å². The van der Waals surface area contributed by atoms with Gasteiger partial charge in [-0.25, -0.2) is 4.79 Å². The van der Waals surface area contributed by atoms with Crippen molar-refractivity contribution in [1.82, 2.24) is 4.90 Å². The molecule has 1 aliphatic rings. The van der Waals surface area contributed by atoms with Gasteiger partial charge in [0, 0.05) is 30.4 Å². The normalized spacial score (nSPS) is 13.7. The third-order valence-corrected chi connectivity index (χ3v) is 3.40. The Bertz CT molecular complexity index is 680. The first-order valence-corrected chi connectivity index (χ1v) is 6.40. The summed E-state index contributed by atoms with van der Waals surface area (Å²) in [6.07, 6.45) is 0. The standard InChI is InChI=1S/C16H14N2O2/c1-18-10-13-9-12(7-8-14(13)17-16(18)20)15(19)11-5-3-2-4-6-11/h2-9H,10H2,1H3,(H,17,20). The second kappa shape index (κ2) is 4.81. The minimum Gasteiger partial charge on any atom is -0.323 e. The van der Waals surface area contributed by atoms with Crippen molar-refractivity contribution < 1.29 is 9.59 Å². The van der Waals surface area contributed by atoms with Crippen molar-refractivity contribution >= 4 is 17.5 Å². The number of nitrogens with zero attached hydrogens (tertiary/aromatic N) is 1. The topological polar surface area (TPSA) is 49.4 Å². The van der Waals surface area contributed by atoms with Crippen molar-refractivity contribution in [3.8, 4) is 0 Å². The van der Waals surface area contributed by atoms with Gasteiger partial charge >= 0.3 is 6.03 Å². The van der Waals surface area contributed by atoms with Gasteiger partial charge in [-0.05, 0) is 23.8 Å². The number of hydrogen-bond acceptors (Lipinski definition) is 2. The van der Waals surface area contributed by atoms with Crippen LogP contribution in [-0.4, -0.2) is 23.8 Å². The van der Waals surface area contributed by atoms with Crippen LogP contribution in [0, 0.1) is 0 Å². The van der Waals surface area contributed by atoms with E-state index in [0.717, 1.165) is 11.3 Å². The summed E-state index contributed by atoms with van der Waals surface area (Å²) in [6.45, 7) is 0.511. The highest BCUT2D eigenvalue weighted by Crippen LogP contribution is 2.24. The summed E-state index contributed by atoms with van der Waals surface area (Å²) >= 11 is 0. The summed E-state index contributed by atoms with van der Waals surface area (Å²) in [6, 6.07) is 14.4. The third-order valence-electron chi connectivity index (χ3n) is 3.40. The fourth-order valence-corrected chi connectivity index (χ4v) is 2.28. The number of ketones is 1. The van der Waals surface area contributed by atoms with Crippen LogP contribution in [0.4, 0.5) is 10.5 Å². The zero-order chi connectivity index (χ0) is 14.1. The van der Waals surface area contributed by atoms with E-state index < -0.39 is 0 Å². The number of fused-ring (bicyclic) bond motifs is 1. The predicted octanol–water partition coefficient (Wildman–Crippen LogP) is 2.89. The molecule has 0 saturated carbocycles. The molecule has 2 aromatic rings. The molecule has 0 radical (unpaired) electrons. The fraction of sp³-hybridized carbons (Fsp3) is 0.125. The maximum Gasteiger partial charge on any atom is 0.321 e. The second-order valence-electron chi connectivity index (χ2n) is 4.85. The summed E-state index contributed by atoms with van der Waals surface area (Å²) in [5.41, 5.74) is 3.03. The van der Waals surface area contributed by atoms with E-state index in [4.69, 9.17) is 0 Å². The molecule has 2 amide bonds. The lowest BCUT2D eigenvalue weighted by atomic mass is 9.99. The SMILES string of the molecule is CN1Cc2cc(C(=O)c3ccccc3)ccc2NC1=O. The molecule has 20 heavy (non-hydrogen) atoms. The van der Waals surface area contributed by atoms with E-state index in [1.165, 1.54) is 0 Å². The first-order valence-electron chi connectivity index (χ1n) is 6.40. The molecule has 4 nitrogen and oxygen atoms in total. The van der Waals surface area contributed by atoms with Crippen molar-refractivity contribution in [2.75, 3.05) is 12.4 Å². The quantitative estimate of drug-likeness (QED) is 0.850. The lowest BCUT2D eigenvalue weighted by Gasteiger charge is -2.26. The molecule has 0 atom stereocenters. The Morgan fingerprint density at radius 2 is 1.85 bits per heavy atom. The fourth-order valence-electron chi connectivity index (χ4n) is 2.28. The first-order chi connectivity index (χ1) is 9.65. The summed E-state index contributed by atoms with van der Waals surface area (Å²) in [7, 11) is 1.73. The highest BCUT2D eigenvalue weighted by molar-refractivity contribution is 6.09. The van der Waals surface area contributed by atoms with Gasteiger partial charge in [-0.1, -0.05) is 30.3 Å². The minimum atomic E-state index is -0.125. The molecular formula is C16H14N2O2. The van der Waals surface area contributed by atoms with E-state index in [1.54, 1.807) is 36.2 Å². The Morgan fingerprint density at radius 1 is 1.10 bits per heavy atom. The number of urea groups is 1. The molecule has 0 aromatic heterocycles. The minimum absolute atomic E-state index is 0.00652. The van der Waals surface area contributed by atoms with E-state index in [0.29, 0.717) is 17.7 Å². The number of rotatable bonds is 2. The van der Waals surface area contributed by atoms with Crippen LogP contribution in [0.3, 0.4) is 0 Å². The molecule has 1 heterocycles. The average molecular weight is 266 g/mol. The lowest BCUT2D eigenvalue weighted by molar-refractivity contribution is 0.103. The maximum absolute atomic E-state index is 12.4. The summed E-state index contributed by atoms with van der Waals surface area (Å²) in [4.78, 5) is 25.5. The molecule has 0 aliphatic carbocycles. The number of carbonyl (C=O) groups excluding carboxylic acids is 2. The zero-order valence-electron chi connectivity index (χ0n) is 11.1. The molecule has 0 saturated heterocycles. The predicted molar refractivity (Wildman–Crippen MR) is 76.8 cm³/mol. The van der Waals surface area contributed by atoms with Gasteiger partial charge < -0.3 is 10.2 Å². The Hall–Kier alpha value is -2.62. The Balaban J connectivity index is 1.95. The third kappa shape index (κ3) is 2.16. The monoisotopic (exact) mass is 266 g/mol. The van der Waals surface area contributed by atoms with E-state index in [-0.39, 0.29) is 11.8 Å². The Morgan fingerprint density at radius 3 is 2.60 bits per heavy atom. The van der Waals surface area contributed by atoms with Crippen LogP contribution in [0.2, 0.25) is 0 Å². The summed E-state index contributed by atoms with van der Waals surface area (Å²) < 4.78 is 0. The van der Waals surface area contributed by atoms with Gasteiger partial charge in [-0.3, -0.25) is 4.79 Å². The maximum atomic E-state index is 12.4. The van der Waals surface area contributed by atoms with Gasteiger partial charge in [0.2, 0.25) is 0 Å². The molecule has 1 N–H and O–H groups in total.